The van der Waals surface area contributed by atoms with Crippen LogP contribution in [0.1, 0.15) is 5.69 Å². The molecule has 2 N–H and O–H groups in total. The molecule has 0 fully saturated rings. The summed E-state index contributed by atoms with van der Waals surface area (Å²) >= 11 is 6.56. The van der Waals surface area contributed by atoms with Gasteiger partial charge in [0, 0.05) is 42.1 Å². The molecule has 0 aliphatic carbocycles. The fraction of sp³-hybridized carbons (Fsp3) is 0.130. The van der Waals surface area contributed by atoms with Gasteiger partial charge in [0.15, 0.2) is 0 Å². The zero-order valence-corrected chi connectivity index (χ0v) is 17.4. The molecule has 0 aliphatic heterocycles. The molecule has 0 saturated carbocycles. The minimum atomic E-state index is -0.391. The molecule has 0 bridgehead atoms. The Bertz CT molecular complexity index is 1520. The van der Waals surface area contributed by atoms with Crippen molar-refractivity contribution in [2.24, 2.45) is 14.1 Å². The monoisotopic (exact) mass is 418 g/mol. The van der Waals surface area contributed by atoms with E-state index in [-0.39, 0.29) is 11.3 Å². The fourth-order valence-electron chi connectivity index (χ4n) is 4.05. The van der Waals surface area contributed by atoms with E-state index in [1.807, 2.05) is 44.4 Å². The maximum atomic E-state index is 12.7. The number of benzene rings is 2. The molecule has 5 rings (SSSR count). The normalized spacial score (nSPS) is 11.6. The van der Waals surface area contributed by atoms with E-state index in [0.29, 0.717) is 21.6 Å². The third-order valence-corrected chi connectivity index (χ3v) is 5.84. The number of aromatic hydroxyl groups is 1. The van der Waals surface area contributed by atoms with Crippen LogP contribution in [0.15, 0.2) is 53.5 Å². The zero-order chi connectivity index (χ0) is 21.2. The van der Waals surface area contributed by atoms with Gasteiger partial charge in [0.2, 0.25) is 0 Å². The summed E-state index contributed by atoms with van der Waals surface area (Å²) in [5.74, 6) is -0.0875. The van der Waals surface area contributed by atoms with Crippen LogP contribution in [0.3, 0.4) is 0 Å². The maximum Gasteiger partial charge on any atom is 0.261 e. The van der Waals surface area contributed by atoms with Gasteiger partial charge in [0.05, 0.1) is 21.9 Å². The van der Waals surface area contributed by atoms with Crippen molar-refractivity contribution < 1.29 is 5.11 Å². The summed E-state index contributed by atoms with van der Waals surface area (Å²) in [6.07, 6.45) is 2.01. The number of hydrogen-bond acceptors (Lipinski definition) is 3. The Morgan fingerprint density at radius 1 is 1.10 bits per heavy atom. The minimum Gasteiger partial charge on any atom is -0.506 e. The quantitative estimate of drug-likeness (QED) is 0.434. The highest BCUT2D eigenvalue weighted by molar-refractivity contribution is 6.34. The third kappa shape index (κ3) is 2.72. The molecule has 7 heteroatoms. The van der Waals surface area contributed by atoms with E-state index in [2.05, 4.69) is 20.7 Å². The van der Waals surface area contributed by atoms with Gasteiger partial charge < -0.3 is 14.7 Å². The van der Waals surface area contributed by atoms with Crippen LogP contribution in [-0.4, -0.2) is 24.4 Å². The molecule has 3 aromatic heterocycles. The molecular weight excluding hydrogens is 400 g/mol. The largest absolute Gasteiger partial charge is 0.506 e. The molecule has 0 radical (unpaired) electrons. The number of rotatable bonds is 2. The number of aryl methyl sites for hydroxylation is 3. The van der Waals surface area contributed by atoms with Crippen molar-refractivity contribution in [3.05, 3.63) is 69.7 Å². The molecule has 0 aliphatic rings. The van der Waals surface area contributed by atoms with E-state index in [9.17, 15) is 9.90 Å². The lowest BCUT2D eigenvalue weighted by Gasteiger charge is -2.12. The van der Waals surface area contributed by atoms with E-state index in [4.69, 9.17) is 11.6 Å². The minimum absolute atomic E-state index is 0.0875. The van der Waals surface area contributed by atoms with Crippen LogP contribution in [0, 0.1) is 6.92 Å². The Morgan fingerprint density at radius 2 is 1.90 bits per heavy atom. The number of H-pyrrole nitrogens is 1. The standard InChI is InChI=1S/C23H19ClN4O2/c1-12-8-20(28(3)26-12)21-22(29)16-10-15(17(24)11-18(16)25-23(21)30)13-4-5-19-14(9-13)6-7-27(19)2/h4-11H,1-3H3,(H2,25,29,30). The molecule has 150 valence electrons. The Balaban J connectivity index is 1.77. The average Bonchev–Trinajstić information content (AvgIpc) is 3.22. The van der Waals surface area contributed by atoms with Crippen LogP contribution in [0.5, 0.6) is 5.75 Å². The van der Waals surface area contributed by atoms with Gasteiger partial charge in [-0.15, -0.1) is 0 Å². The van der Waals surface area contributed by atoms with Crippen molar-refractivity contribution in [2.45, 2.75) is 6.92 Å². The first-order valence-electron chi connectivity index (χ1n) is 9.48. The van der Waals surface area contributed by atoms with Crippen LogP contribution in [0.2, 0.25) is 5.02 Å². The summed E-state index contributed by atoms with van der Waals surface area (Å²) in [4.78, 5) is 15.6. The molecule has 2 aromatic carbocycles. The van der Waals surface area contributed by atoms with Crippen LogP contribution >= 0.6 is 11.6 Å². The first-order chi connectivity index (χ1) is 14.3. The molecule has 0 spiro atoms. The molecule has 5 aromatic rings. The van der Waals surface area contributed by atoms with Crippen LogP contribution in [0.25, 0.3) is 44.2 Å². The first-order valence-corrected chi connectivity index (χ1v) is 9.86. The Labute approximate surface area is 177 Å². The first kappa shape index (κ1) is 18.5. The molecule has 3 heterocycles. The number of nitrogens with zero attached hydrogens (tertiary/aromatic N) is 3. The SMILES string of the molecule is Cc1cc(-c2c(O)c3cc(-c4ccc5c(ccn5C)c4)c(Cl)cc3[nH]c2=O)n(C)n1. The third-order valence-electron chi connectivity index (χ3n) is 5.53. The Morgan fingerprint density at radius 3 is 2.63 bits per heavy atom. The number of fused-ring (bicyclic) bond motifs is 2. The summed E-state index contributed by atoms with van der Waals surface area (Å²) < 4.78 is 3.64. The number of halogens is 1. The second kappa shape index (κ2) is 6.50. The topological polar surface area (TPSA) is 75.8 Å². The highest BCUT2D eigenvalue weighted by atomic mass is 35.5. The predicted octanol–water partition coefficient (Wildman–Crippen LogP) is 4.75. The summed E-state index contributed by atoms with van der Waals surface area (Å²) in [5.41, 5.74) is 4.43. The van der Waals surface area contributed by atoms with E-state index in [0.717, 1.165) is 27.7 Å². The van der Waals surface area contributed by atoms with Crippen LogP contribution < -0.4 is 5.56 Å². The van der Waals surface area contributed by atoms with Gasteiger partial charge in [-0.3, -0.25) is 9.48 Å². The van der Waals surface area contributed by atoms with Crippen molar-refractivity contribution in [2.75, 3.05) is 0 Å². The van der Waals surface area contributed by atoms with Crippen molar-refractivity contribution in [1.82, 2.24) is 19.3 Å². The van der Waals surface area contributed by atoms with Gasteiger partial charge in [0.25, 0.3) is 5.56 Å². The zero-order valence-electron chi connectivity index (χ0n) is 16.7. The van der Waals surface area contributed by atoms with E-state index >= 15 is 0 Å². The summed E-state index contributed by atoms with van der Waals surface area (Å²) in [6.45, 7) is 1.84. The van der Waals surface area contributed by atoms with Crippen molar-refractivity contribution >= 4 is 33.4 Å². The van der Waals surface area contributed by atoms with Gasteiger partial charge >= 0.3 is 0 Å². The van der Waals surface area contributed by atoms with Crippen molar-refractivity contribution in [1.29, 1.82) is 0 Å². The summed E-state index contributed by atoms with van der Waals surface area (Å²) in [6, 6.07) is 13.4. The Hall–Kier alpha value is -3.51. The fourth-order valence-corrected chi connectivity index (χ4v) is 4.32. The molecule has 6 nitrogen and oxygen atoms in total. The predicted molar refractivity (Wildman–Crippen MR) is 120 cm³/mol. The Kier molecular flexibility index (Phi) is 4.01. The molecule has 0 amide bonds. The van der Waals surface area contributed by atoms with Gasteiger partial charge in [-0.05, 0) is 48.9 Å². The average molecular weight is 419 g/mol. The molecule has 0 unspecified atom stereocenters. The van der Waals surface area contributed by atoms with Crippen molar-refractivity contribution in [3.8, 4) is 28.1 Å². The van der Waals surface area contributed by atoms with E-state index in [1.54, 1.807) is 23.9 Å². The maximum absolute atomic E-state index is 12.7. The van der Waals surface area contributed by atoms with Gasteiger partial charge in [-0.25, -0.2) is 0 Å². The highest BCUT2D eigenvalue weighted by Crippen LogP contribution is 2.38. The number of hydrogen-bond donors (Lipinski definition) is 2. The van der Waals surface area contributed by atoms with Gasteiger partial charge in [0.1, 0.15) is 11.3 Å². The van der Waals surface area contributed by atoms with Gasteiger partial charge in [-0.1, -0.05) is 17.7 Å². The lowest BCUT2D eigenvalue weighted by Crippen LogP contribution is -2.11. The van der Waals surface area contributed by atoms with Crippen LogP contribution in [-0.2, 0) is 14.1 Å². The van der Waals surface area contributed by atoms with Crippen molar-refractivity contribution in [3.63, 3.8) is 0 Å². The second-order valence-electron chi connectivity index (χ2n) is 7.55. The smallest absolute Gasteiger partial charge is 0.261 e. The summed E-state index contributed by atoms with van der Waals surface area (Å²) in [5, 5.41) is 17.5. The number of pyridine rings is 1. The lowest BCUT2D eigenvalue weighted by molar-refractivity contribution is 0.482. The molecule has 0 saturated heterocycles. The molecule has 30 heavy (non-hydrogen) atoms. The van der Waals surface area contributed by atoms with E-state index in [1.165, 1.54) is 0 Å². The number of aromatic nitrogens is 4. The highest BCUT2D eigenvalue weighted by Gasteiger charge is 2.19. The number of nitrogens with one attached hydrogen (secondary N) is 1. The molecule has 0 atom stereocenters. The summed E-state index contributed by atoms with van der Waals surface area (Å²) in [7, 11) is 3.74. The lowest BCUT2D eigenvalue weighted by atomic mass is 10.00. The number of aromatic amines is 1. The van der Waals surface area contributed by atoms with Gasteiger partial charge in [-0.2, -0.15) is 5.10 Å². The van der Waals surface area contributed by atoms with E-state index < -0.39 is 5.56 Å². The van der Waals surface area contributed by atoms with Crippen LogP contribution in [0.4, 0.5) is 0 Å². The second-order valence-corrected chi connectivity index (χ2v) is 7.96. The molecular formula is C23H19ClN4O2.